The number of rotatable bonds is 15. The molecule has 0 N–H and O–H groups in total. The van der Waals surface area contributed by atoms with Gasteiger partial charge in [-0.05, 0) is 67.9 Å². The molecule has 1 saturated carbocycles. The molecule has 1 fully saturated rings. The van der Waals surface area contributed by atoms with Crippen molar-refractivity contribution >= 4 is 0 Å². The van der Waals surface area contributed by atoms with Crippen molar-refractivity contribution in [3.8, 4) is 5.75 Å². The minimum Gasteiger partial charge on any atom is -0.490 e. The number of hydrogen-bond donors (Lipinski definition) is 0. The maximum atomic E-state index is 14.5. The standard InChI is InChI=1S/C28H44F2O/c1-4-7-12-23(11-5-2)13-9-8-10-14-25-19-20-26(28(30)27(25)29)31-21-24-17-15-22(6-3)16-18-24/h4,19-20,22-24H,1,5-18,21H2,2-3H3. The van der Waals surface area contributed by atoms with E-state index in [9.17, 15) is 8.78 Å². The summed E-state index contributed by atoms with van der Waals surface area (Å²) in [5.41, 5.74) is 0.477. The van der Waals surface area contributed by atoms with E-state index in [0.29, 0.717) is 24.5 Å². The van der Waals surface area contributed by atoms with Crippen molar-refractivity contribution in [1.29, 1.82) is 0 Å². The molecule has 1 atom stereocenters. The van der Waals surface area contributed by atoms with E-state index in [0.717, 1.165) is 50.4 Å². The van der Waals surface area contributed by atoms with Crippen LogP contribution in [-0.2, 0) is 6.42 Å². The van der Waals surface area contributed by atoms with E-state index in [1.54, 1.807) is 12.1 Å². The van der Waals surface area contributed by atoms with Crippen molar-refractivity contribution in [2.75, 3.05) is 6.61 Å². The lowest BCUT2D eigenvalue weighted by atomic mass is 9.81. The fourth-order valence-corrected chi connectivity index (χ4v) is 5.01. The molecule has 1 aromatic carbocycles. The Morgan fingerprint density at radius 3 is 2.39 bits per heavy atom. The third-order valence-electron chi connectivity index (χ3n) is 7.18. The SMILES string of the molecule is C=CCCC(CCC)CCCCCc1ccc(OCC2CCC(CC)CC2)c(F)c1F. The Morgan fingerprint density at radius 1 is 0.968 bits per heavy atom. The zero-order chi connectivity index (χ0) is 22.5. The Bertz CT molecular complexity index is 634. The zero-order valence-corrected chi connectivity index (χ0v) is 19.9. The smallest absolute Gasteiger partial charge is 0.200 e. The second kappa shape index (κ2) is 14.6. The fourth-order valence-electron chi connectivity index (χ4n) is 5.01. The molecule has 1 nitrogen and oxygen atoms in total. The van der Waals surface area contributed by atoms with Crippen molar-refractivity contribution in [2.45, 2.75) is 104 Å². The van der Waals surface area contributed by atoms with Gasteiger partial charge >= 0.3 is 0 Å². The van der Waals surface area contributed by atoms with Crippen LogP contribution in [0.1, 0.15) is 103 Å². The highest BCUT2D eigenvalue weighted by molar-refractivity contribution is 5.31. The van der Waals surface area contributed by atoms with Crippen LogP contribution in [0, 0.1) is 29.4 Å². The van der Waals surface area contributed by atoms with Gasteiger partial charge in [0.15, 0.2) is 11.6 Å². The van der Waals surface area contributed by atoms with Crippen LogP contribution in [0.15, 0.2) is 24.8 Å². The van der Waals surface area contributed by atoms with Gasteiger partial charge in [-0.1, -0.05) is 77.4 Å². The van der Waals surface area contributed by atoms with Gasteiger partial charge in [0, 0.05) is 0 Å². The molecule has 176 valence electrons. The molecular formula is C28H44F2O. The van der Waals surface area contributed by atoms with Crippen molar-refractivity contribution < 1.29 is 13.5 Å². The maximum Gasteiger partial charge on any atom is 0.200 e. The molecule has 0 heterocycles. The third-order valence-corrected chi connectivity index (χ3v) is 7.18. The molecule has 0 bridgehead atoms. The van der Waals surface area contributed by atoms with Crippen molar-refractivity contribution in [2.24, 2.45) is 17.8 Å². The van der Waals surface area contributed by atoms with E-state index in [1.807, 2.05) is 6.08 Å². The number of aryl methyl sites for hydroxylation is 1. The first-order valence-electron chi connectivity index (χ1n) is 12.8. The lowest BCUT2D eigenvalue weighted by Crippen LogP contribution is -2.20. The summed E-state index contributed by atoms with van der Waals surface area (Å²) in [4.78, 5) is 0. The van der Waals surface area contributed by atoms with Gasteiger partial charge in [0.05, 0.1) is 6.61 Å². The van der Waals surface area contributed by atoms with Crippen LogP contribution in [0.5, 0.6) is 5.75 Å². The molecule has 0 aliphatic heterocycles. The van der Waals surface area contributed by atoms with Crippen molar-refractivity contribution in [3.05, 3.63) is 42.0 Å². The van der Waals surface area contributed by atoms with Crippen LogP contribution >= 0.6 is 0 Å². The highest BCUT2D eigenvalue weighted by Gasteiger charge is 2.21. The normalized spacial score (nSPS) is 19.9. The predicted molar refractivity (Wildman–Crippen MR) is 128 cm³/mol. The molecule has 1 aromatic rings. The quantitative estimate of drug-likeness (QED) is 0.198. The molecule has 1 aliphatic rings. The van der Waals surface area contributed by atoms with Crippen LogP contribution in [0.25, 0.3) is 0 Å². The molecule has 2 rings (SSSR count). The average Bonchev–Trinajstić information content (AvgIpc) is 2.79. The number of halogens is 2. The van der Waals surface area contributed by atoms with E-state index >= 15 is 0 Å². The second-order valence-corrected chi connectivity index (χ2v) is 9.58. The first kappa shape index (κ1) is 25.9. The van der Waals surface area contributed by atoms with Gasteiger partial charge in [0.1, 0.15) is 0 Å². The minimum absolute atomic E-state index is 0.0727. The molecule has 0 saturated heterocycles. The van der Waals surface area contributed by atoms with E-state index in [2.05, 4.69) is 20.4 Å². The summed E-state index contributed by atoms with van der Waals surface area (Å²) in [5, 5.41) is 0. The number of unbranched alkanes of at least 4 members (excludes halogenated alkanes) is 2. The van der Waals surface area contributed by atoms with Crippen molar-refractivity contribution in [3.63, 3.8) is 0 Å². The molecule has 0 amide bonds. The van der Waals surface area contributed by atoms with Gasteiger partial charge in [0.2, 0.25) is 5.82 Å². The summed E-state index contributed by atoms with van der Waals surface area (Å²) < 4.78 is 34.7. The molecule has 1 unspecified atom stereocenters. The highest BCUT2D eigenvalue weighted by atomic mass is 19.2. The maximum absolute atomic E-state index is 14.5. The topological polar surface area (TPSA) is 9.23 Å². The Balaban J connectivity index is 1.73. The lowest BCUT2D eigenvalue weighted by molar-refractivity contribution is 0.175. The Labute approximate surface area is 189 Å². The van der Waals surface area contributed by atoms with Crippen molar-refractivity contribution in [1.82, 2.24) is 0 Å². The van der Waals surface area contributed by atoms with Gasteiger partial charge in [-0.15, -0.1) is 6.58 Å². The largest absolute Gasteiger partial charge is 0.490 e. The average molecular weight is 435 g/mol. The fraction of sp³-hybridized carbons (Fsp3) is 0.714. The summed E-state index contributed by atoms with van der Waals surface area (Å²) in [6.07, 6.45) is 17.7. The van der Waals surface area contributed by atoms with Gasteiger partial charge in [0.25, 0.3) is 0 Å². The van der Waals surface area contributed by atoms with Crippen LogP contribution in [0.2, 0.25) is 0 Å². The lowest BCUT2D eigenvalue weighted by Gasteiger charge is -2.27. The predicted octanol–water partition coefficient (Wildman–Crippen LogP) is 9.05. The number of benzene rings is 1. The van der Waals surface area contributed by atoms with Gasteiger partial charge < -0.3 is 4.74 Å². The minimum atomic E-state index is -0.813. The summed E-state index contributed by atoms with van der Waals surface area (Å²) in [5.74, 6) is 0.602. The molecule has 31 heavy (non-hydrogen) atoms. The van der Waals surface area contributed by atoms with E-state index in [4.69, 9.17) is 4.74 Å². The second-order valence-electron chi connectivity index (χ2n) is 9.58. The third kappa shape index (κ3) is 8.94. The van der Waals surface area contributed by atoms with Crippen LogP contribution < -0.4 is 4.74 Å². The van der Waals surface area contributed by atoms with Crippen LogP contribution in [0.4, 0.5) is 8.78 Å². The summed E-state index contributed by atoms with van der Waals surface area (Å²) in [7, 11) is 0. The van der Waals surface area contributed by atoms with Gasteiger partial charge in [-0.2, -0.15) is 4.39 Å². The monoisotopic (exact) mass is 434 g/mol. The first-order chi connectivity index (χ1) is 15.1. The molecule has 3 heteroatoms. The summed E-state index contributed by atoms with van der Waals surface area (Å²) in [6, 6.07) is 3.34. The molecule has 0 aromatic heterocycles. The Kier molecular flexibility index (Phi) is 12.2. The first-order valence-corrected chi connectivity index (χ1v) is 12.8. The molecule has 0 radical (unpaired) electrons. The van der Waals surface area contributed by atoms with Gasteiger partial charge in [-0.3, -0.25) is 0 Å². The molecular weight excluding hydrogens is 390 g/mol. The van der Waals surface area contributed by atoms with Gasteiger partial charge in [-0.25, -0.2) is 4.39 Å². The number of ether oxygens (including phenoxy) is 1. The molecule has 1 aliphatic carbocycles. The Hall–Kier alpha value is -1.38. The number of hydrogen-bond acceptors (Lipinski definition) is 1. The highest BCUT2D eigenvalue weighted by Crippen LogP contribution is 2.32. The zero-order valence-electron chi connectivity index (χ0n) is 19.9. The van der Waals surface area contributed by atoms with E-state index < -0.39 is 11.6 Å². The summed E-state index contributed by atoms with van der Waals surface area (Å²) in [6.45, 7) is 8.80. The van der Waals surface area contributed by atoms with E-state index in [-0.39, 0.29) is 5.75 Å². The van der Waals surface area contributed by atoms with Crippen LogP contribution in [-0.4, -0.2) is 6.61 Å². The van der Waals surface area contributed by atoms with Crippen LogP contribution in [0.3, 0.4) is 0 Å². The molecule has 0 spiro atoms. The Morgan fingerprint density at radius 2 is 1.71 bits per heavy atom. The summed E-state index contributed by atoms with van der Waals surface area (Å²) >= 11 is 0. The van der Waals surface area contributed by atoms with E-state index in [1.165, 1.54) is 44.9 Å². The number of allylic oxidation sites excluding steroid dienone is 1.